The maximum Gasteiger partial charge on any atom is 0.221 e. The van der Waals surface area contributed by atoms with Crippen molar-refractivity contribution in [2.75, 3.05) is 32.1 Å². The summed E-state index contributed by atoms with van der Waals surface area (Å²) in [5.74, 6) is 1.48. The van der Waals surface area contributed by atoms with Gasteiger partial charge >= 0.3 is 0 Å². The summed E-state index contributed by atoms with van der Waals surface area (Å²) in [6, 6.07) is 6.97. The number of morpholine rings is 1. The van der Waals surface area contributed by atoms with Crippen molar-refractivity contribution in [3.05, 3.63) is 35.6 Å². The Labute approximate surface area is 135 Å². The van der Waals surface area contributed by atoms with Gasteiger partial charge in [0.25, 0.3) is 0 Å². The van der Waals surface area contributed by atoms with Crippen LogP contribution in [-0.4, -0.2) is 44.0 Å². The standard InChI is InChI=1S/C16H23FN2O2S/c17-15-5-2-1-4-13(15)12-22-9-3-6-19-16(20)10-14-11-21-8-7-18-14/h1-2,4-5,14,18H,3,6-12H2,(H,19,20)/t14-/m1/s1. The molecule has 0 bridgehead atoms. The molecule has 0 radical (unpaired) electrons. The van der Waals surface area contributed by atoms with Gasteiger partial charge in [0.05, 0.1) is 13.2 Å². The van der Waals surface area contributed by atoms with Gasteiger partial charge in [-0.15, -0.1) is 0 Å². The lowest BCUT2D eigenvalue weighted by Crippen LogP contribution is -2.44. The topological polar surface area (TPSA) is 50.4 Å². The number of nitrogens with one attached hydrogen (secondary N) is 2. The van der Waals surface area contributed by atoms with E-state index in [1.807, 2.05) is 12.1 Å². The van der Waals surface area contributed by atoms with Gasteiger partial charge < -0.3 is 15.4 Å². The molecule has 0 spiro atoms. The van der Waals surface area contributed by atoms with Gasteiger partial charge in [-0.05, 0) is 23.8 Å². The number of thioether (sulfide) groups is 1. The second-order valence-corrected chi connectivity index (χ2v) is 6.38. The van der Waals surface area contributed by atoms with E-state index in [9.17, 15) is 9.18 Å². The number of carbonyl (C=O) groups is 1. The molecule has 1 aromatic rings. The molecule has 1 amide bonds. The van der Waals surface area contributed by atoms with Crippen LogP contribution in [0, 0.1) is 5.82 Å². The zero-order valence-electron chi connectivity index (χ0n) is 12.6. The summed E-state index contributed by atoms with van der Waals surface area (Å²) in [7, 11) is 0. The number of hydrogen-bond acceptors (Lipinski definition) is 4. The molecule has 1 fully saturated rings. The fraction of sp³-hybridized carbons (Fsp3) is 0.562. The van der Waals surface area contributed by atoms with Crippen molar-refractivity contribution >= 4 is 17.7 Å². The summed E-state index contributed by atoms with van der Waals surface area (Å²) < 4.78 is 18.7. The highest BCUT2D eigenvalue weighted by molar-refractivity contribution is 7.98. The lowest BCUT2D eigenvalue weighted by Gasteiger charge is -2.23. The number of ether oxygens (including phenoxy) is 1. The van der Waals surface area contributed by atoms with Gasteiger partial charge in [0, 0.05) is 31.3 Å². The zero-order valence-corrected chi connectivity index (χ0v) is 13.5. The van der Waals surface area contributed by atoms with Crippen LogP contribution in [0.1, 0.15) is 18.4 Å². The Kier molecular flexibility index (Phi) is 7.70. The molecule has 0 saturated carbocycles. The highest BCUT2D eigenvalue weighted by Gasteiger charge is 2.16. The molecule has 22 heavy (non-hydrogen) atoms. The Hall–Kier alpha value is -1.11. The fourth-order valence-electron chi connectivity index (χ4n) is 2.25. The fourth-order valence-corrected chi connectivity index (χ4v) is 3.19. The minimum absolute atomic E-state index is 0.0575. The summed E-state index contributed by atoms with van der Waals surface area (Å²) in [5, 5.41) is 6.18. The molecule has 6 heteroatoms. The van der Waals surface area contributed by atoms with Crippen molar-refractivity contribution in [2.45, 2.75) is 24.6 Å². The zero-order chi connectivity index (χ0) is 15.6. The van der Waals surface area contributed by atoms with Crippen LogP contribution in [0.3, 0.4) is 0 Å². The predicted molar refractivity (Wildman–Crippen MR) is 87.4 cm³/mol. The maximum absolute atomic E-state index is 13.4. The van der Waals surface area contributed by atoms with E-state index in [2.05, 4.69) is 10.6 Å². The van der Waals surface area contributed by atoms with Gasteiger partial charge in [0.1, 0.15) is 5.82 Å². The first kappa shape index (κ1) is 17.2. The van der Waals surface area contributed by atoms with Crippen LogP contribution in [-0.2, 0) is 15.3 Å². The monoisotopic (exact) mass is 326 g/mol. The van der Waals surface area contributed by atoms with E-state index in [4.69, 9.17) is 4.74 Å². The van der Waals surface area contributed by atoms with E-state index in [1.54, 1.807) is 17.8 Å². The third-order valence-electron chi connectivity index (χ3n) is 3.43. The van der Waals surface area contributed by atoms with Crippen molar-refractivity contribution < 1.29 is 13.9 Å². The molecule has 0 unspecified atom stereocenters. The van der Waals surface area contributed by atoms with Crippen LogP contribution in [0.15, 0.2) is 24.3 Å². The van der Waals surface area contributed by atoms with Crippen LogP contribution < -0.4 is 10.6 Å². The second kappa shape index (κ2) is 9.82. The number of hydrogen-bond donors (Lipinski definition) is 2. The molecule has 1 aromatic carbocycles. The van der Waals surface area contributed by atoms with Crippen molar-refractivity contribution in [3.63, 3.8) is 0 Å². The van der Waals surface area contributed by atoms with E-state index >= 15 is 0 Å². The SMILES string of the molecule is O=C(C[C@@H]1COCCN1)NCCCSCc1ccccc1F. The van der Waals surface area contributed by atoms with Crippen molar-refractivity contribution in [2.24, 2.45) is 0 Å². The maximum atomic E-state index is 13.4. The number of halogens is 1. The van der Waals surface area contributed by atoms with E-state index in [1.165, 1.54) is 6.07 Å². The van der Waals surface area contributed by atoms with Gasteiger partial charge in [0.15, 0.2) is 0 Å². The summed E-state index contributed by atoms with van der Waals surface area (Å²) in [6.45, 7) is 2.80. The Morgan fingerprint density at radius 1 is 1.45 bits per heavy atom. The van der Waals surface area contributed by atoms with Crippen molar-refractivity contribution in [1.29, 1.82) is 0 Å². The number of carbonyl (C=O) groups excluding carboxylic acids is 1. The molecule has 1 aliphatic rings. The van der Waals surface area contributed by atoms with Crippen LogP contribution in [0.4, 0.5) is 4.39 Å². The average Bonchev–Trinajstić information content (AvgIpc) is 2.53. The smallest absolute Gasteiger partial charge is 0.221 e. The second-order valence-electron chi connectivity index (χ2n) is 5.28. The molecule has 122 valence electrons. The first-order chi connectivity index (χ1) is 10.8. The summed E-state index contributed by atoms with van der Waals surface area (Å²) in [5.41, 5.74) is 0.736. The minimum atomic E-state index is -0.148. The van der Waals surface area contributed by atoms with Crippen LogP contribution in [0.5, 0.6) is 0 Å². The van der Waals surface area contributed by atoms with Crippen LogP contribution >= 0.6 is 11.8 Å². The molecule has 0 aliphatic carbocycles. The molecule has 1 atom stereocenters. The largest absolute Gasteiger partial charge is 0.378 e. The average molecular weight is 326 g/mol. The quantitative estimate of drug-likeness (QED) is 0.717. The molecule has 1 saturated heterocycles. The minimum Gasteiger partial charge on any atom is -0.378 e. The van der Waals surface area contributed by atoms with Gasteiger partial charge in [-0.25, -0.2) is 4.39 Å². The number of amides is 1. The molecule has 4 nitrogen and oxygen atoms in total. The molecule has 1 heterocycles. The molecule has 1 aliphatic heterocycles. The Morgan fingerprint density at radius 3 is 3.09 bits per heavy atom. The molecule has 2 rings (SSSR count). The third-order valence-corrected chi connectivity index (χ3v) is 4.53. The van der Waals surface area contributed by atoms with Gasteiger partial charge in [0.2, 0.25) is 5.91 Å². The first-order valence-corrected chi connectivity index (χ1v) is 8.80. The van der Waals surface area contributed by atoms with Gasteiger partial charge in [-0.3, -0.25) is 4.79 Å². The molecule has 0 aromatic heterocycles. The third kappa shape index (κ3) is 6.34. The lowest BCUT2D eigenvalue weighted by molar-refractivity contribution is -0.122. The van der Waals surface area contributed by atoms with Crippen molar-refractivity contribution in [3.8, 4) is 0 Å². The van der Waals surface area contributed by atoms with E-state index in [0.29, 0.717) is 25.3 Å². The van der Waals surface area contributed by atoms with Crippen molar-refractivity contribution in [1.82, 2.24) is 10.6 Å². The summed E-state index contributed by atoms with van der Waals surface area (Å²) in [4.78, 5) is 11.7. The normalized spacial score (nSPS) is 18.1. The number of benzene rings is 1. The highest BCUT2D eigenvalue weighted by atomic mass is 32.2. The van der Waals surface area contributed by atoms with E-state index in [0.717, 1.165) is 30.9 Å². The molecular formula is C16H23FN2O2S. The Bertz CT molecular complexity index is 467. The molecule has 2 N–H and O–H groups in total. The predicted octanol–water partition coefficient (Wildman–Crippen LogP) is 1.94. The van der Waals surface area contributed by atoms with Gasteiger partial charge in [-0.1, -0.05) is 18.2 Å². The Morgan fingerprint density at radius 2 is 2.32 bits per heavy atom. The molecular weight excluding hydrogens is 303 g/mol. The number of rotatable bonds is 8. The van der Waals surface area contributed by atoms with Crippen LogP contribution in [0.25, 0.3) is 0 Å². The summed E-state index contributed by atoms with van der Waals surface area (Å²) in [6.07, 6.45) is 1.35. The van der Waals surface area contributed by atoms with E-state index in [-0.39, 0.29) is 17.8 Å². The van der Waals surface area contributed by atoms with Crippen LogP contribution in [0.2, 0.25) is 0 Å². The summed E-state index contributed by atoms with van der Waals surface area (Å²) >= 11 is 1.68. The van der Waals surface area contributed by atoms with E-state index < -0.39 is 0 Å². The van der Waals surface area contributed by atoms with Gasteiger partial charge in [-0.2, -0.15) is 11.8 Å². The first-order valence-electron chi connectivity index (χ1n) is 7.64. The highest BCUT2D eigenvalue weighted by Crippen LogP contribution is 2.15. The lowest BCUT2D eigenvalue weighted by atomic mass is 10.2. The Balaban J connectivity index is 1.50.